The predicted molar refractivity (Wildman–Crippen MR) is 100 cm³/mol. The van der Waals surface area contributed by atoms with Gasteiger partial charge in [-0.25, -0.2) is 0 Å². The standard InChI is InChI=1S/C19H32N4O/c1-19(2,24-4)15-22-18(20-3)21-13-16-7-9-17(10-8-16)14-23-11-5-6-12-23/h7-10H,5-6,11-15H2,1-4H3,(H2,20,21,22). The molecule has 1 aromatic rings. The molecule has 5 nitrogen and oxygen atoms in total. The lowest BCUT2D eigenvalue weighted by Crippen LogP contribution is -2.45. The van der Waals surface area contributed by atoms with E-state index in [1.165, 1.54) is 37.1 Å². The highest BCUT2D eigenvalue weighted by atomic mass is 16.5. The van der Waals surface area contributed by atoms with Crippen molar-refractivity contribution in [3.8, 4) is 0 Å². The molecule has 1 aliphatic heterocycles. The average Bonchev–Trinajstić information content (AvgIpc) is 3.09. The van der Waals surface area contributed by atoms with Gasteiger partial charge in [-0.2, -0.15) is 0 Å². The Labute approximate surface area is 146 Å². The van der Waals surface area contributed by atoms with Crippen LogP contribution >= 0.6 is 0 Å². The average molecular weight is 332 g/mol. The number of nitrogens with zero attached hydrogens (tertiary/aromatic N) is 2. The van der Waals surface area contributed by atoms with Crippen LogP contribution in [0.25, 0.3) is 0 Å². The molecule has 24 heavy (non-hydrogen) atoms. The fourth-order valence-electron chi connectivity index (χ4n) is 2.74. The maximum Gasteiger partial charge on any atom is 0.191 e. The summed E-state index contributed by atoms with van der Waals surface area (Å²) in [4.78, 5) is 6.78. The molecule has 0 aliphatic carbocycles. The number of benzene rings is 1. The molecule has 1 aliphatic rings. The van der Waals surface area contributed by atoms with Crippen molar-refractivity contribution >= 4 is 5.96 Å². The maximum atomic E-state index is 5.41. The van der Waals surface area contributed by atoms with E-state index < -0.39 is 0 Å². The second-order valence-electron chi connectivity index (χ2n) is 7.04. The Balaban J connectivity index is 1.78. The van der Waals surface area contributed by atoms with E-state index in [0.29, 0.717) is 6.54 Å². The van der Waals surface area contributed by atoms with E-state index in [-0.39, 0.29) is 5.60 Å². The van der Waals surface area contributed by atoms with Gasteiger partial charge in [-0.1, -0.05) is 24.3 Å². The lowest BCUT2D eigenvalue weighted by atomic mass is 10.1. The Bertz CT molecular complexity index is 519. The van der Waals surface area contributed by atoms with Crippen LogP contribution in [-0.2, 0) is 17.8 Å². The highest BCUT2D eigenvalue weighted by Gasteiger charge is 2.16. The van der Waals surface area contributed by atoms with Crippen LogP contribution < -0.4 is 10.6 Å². The molecule has 0 radical (unpaired) electrons. The summed E-state index contributed by atoms with van der Waals surface area (Å²) in [6.45, 7) is 9.11. The normalized spacial score (nSPS) is 16.4. The van der Waals surface area contributed by atoms with Crippen molar-refractivity contribution in [2.45, 2.75) is 45.4 Å². The first-order chi connectivity index (χ1) is 11.5. The first-order valence-electron chi connectivity index (χ1n) is 8.82. The van der Waals surface area contributed by atoms with Gasteiger partial charge in [0.05, 0.1) is 5.60 Å². The SMILES string of the molecule is CN=C(NCc1ccc(CN2CCCC2)cc1)NCC(C)(C)OC. The Morgan fingerprint density at radius 1 is 1.12 bits per heavy atom. The van der Waals surface area contributed by atoms with Gasteiger partial charge in [-0.3, -0.25) is 9.89 Å². The summed E-state index contributed by atoms with van der Waals surface area (Å²) >= 11 is 0. The molecule has 0 bridgehead atoms. The highest BCUT2D eigenvalue weighted by molar-refractivity contribution is 5.79. The second-order valence-corrected chi connectivity index (χ2v) is 7.04. The van der Waals surface area contributed by atoms with E-state index in [1.807, 2.05) is 13.8 Å². The zero-order chi connectivity index (χ0) is 17.4. The molecule has 0 aromatic heterocycles. The van der Waals surface area contributed by atoms with Crippen molar-refractivity contribution < 1.29 is 4.74 Å². The summed E-state index contributed by atoms with van der Waals surface area (Å²) in [7, 11) is 3.51. The highest BCUT2D eigenvalue weighted by Crippen LogP contribution is 2.13. The molecule has 0 spiro atoms. The minimum Gasteiger partial charge on any atom is -0.377 e. The van der Waals surface area contributed by atoms with Crippen LogP contribution in [0.15, 0.2) is 29.3 Å². The molecule has 5 heteroatoms. The van der Waals surface area contributed by atoms with E-state index in [9.17, 15) is 0 Å². The van der Waals surface area contributed by atoms with Gasteiger partial charge in [0.25, 0.3) is 0 Å². The Morgan fingerprint density at radius 3 is 2.33 bits per heavy atom. The van der Waals surface area contributed by atoms with Crippen LogP contribution in [0, 0.1) is 0 Å². The zero-order valence-corrected chi connectivity index (χ0v) is 15.6. The van der Waals surface area contributed by atoms with Gasteiger partial charge in [0.15, 0.2) is 5.96 Å². The van der Waals surface area contributed by atoms with E-state index >= 15 is 0 Å². The van der Waals surface area contributed by atoms with Crippen molar-refractivity contribution in [2.75, 3.05) is 33.8 Å². The lowest BCUT2D eigenvalue weighted by Gasteiger charge is -2.24. The molecule has 1 fully saturated rings. The van der Waals surface area contributed by atoms with Gasteiger partial charge < -0.3 is 15.4 Å². The van der Waals surface area contributed by atoms with Crippen molar-refractivity contribution in [3.05, 3.63) is 35.4 Å². The third-order valence-electron chi connectivity index (χ3n) is 4.55. The Kier molecular flexibility index (Phi) is 7.06. The minimum atomic E-state index is -0.213. The first kappa shape index (κ1) is 18.7. The molecule has 0 saturated carbocycles. The van der Waals surface area contributed by atoms with Crippen LogP contribution in [-0.4, -0.2) is 50.3 Å². The van der Waals surface area contributed by atoms with Crippen LogP contribution in [0.1, 0.15) is 37.8 Å². The summed E-state index contributed by atoms with van der Waals surface area (Å²) in [5.41, 5.74) is 2.44. The van der Waals surface area contributed by atoms with Crippen LogP contribution in [0.4, 0.5) is 0 Å². The number of rotatable bonds is 7. The van der Waals surface area contributed by atoms with Gasteiger partial charge >= 0.3 is 0 Å². The van der Waals surface area contributed by atoms with Crippen molar-refractivity contribution in [2.24, 2.45) is 4.99 Å². The van der Waals surface area contributed by atoms with Crippen LogP contribution in [0.3, 0.4) is 0 Å². The van der Waals surface area contributed by atoms with Gasteiger partial charge in [0.2, 0.25) is 0 Å². The van der Waals surface area contributed by atoms with E-state index in [4.69, 9.17) is 4.74 Å². The quantitative estimate of drug-likeness (QED) is 0.594. The summed E-state index contributed by atoms with van der Waals surface area (Å²) in [5, 5.41) is 6.65. The molecular formula is C19H32N4O. The number of aliphatic imine (C=N–C) groups is 1. The molecule has 2 N–H and O–H groups in total. The number of guanidine groups is 1. The maximum absolute atomic E-state index is 5.41. The van der Waals surface area contributed by atoms with Crippen LogP contribution in [0.5, 0.6) is 0 Å². The molecule has 1 aromatic carbocycles. The molecule has 1 saturated heterocycles. The Hall–Kier alpha value is -1.59. The molecule has 134 valence electrons. The number of nitrogens with one attached hydrogen (secondary N) is 2. The van der Waals surface area contributed by atoms with Crippen LogP contribution in [0.2, 0.25) is 0 Å². The minimum absolute atomic E-state index is 0.213. The summed E-state index contributed by atoms with van der Waals surface area (Å²) < 4.78 is 5.41. The molecule has 0 amide bonds. The van der Waals surface area contributed by atoms with E-state index in [0.717, 1.165) is 19.0 Å². The fraction of sp³-hybridized carbons (Fsp3) is 0.632. The third kappa shape index (κ3) is 6.13. The molecule has 2 rings (SSSR count). The van der Waals surface area contributed by atoms with Crippen molar-refractivity contribution in [3.63, 3.8) is 0 Å². The summed E-state index contributed by atoms with van der Waals surface area (Å²) in [5.74, 6) is 0.793. The fourth-order valence-corrected chi connectivity index (χ4v) is 2.74. The number of methoxy groups -OCH3 is 1. The zero-order valence-electron chi connectivity index (χ0n) is 15.6. The van der Waals surface area contributed by atoms with Gasteiger partial charge in [0, 0.05) is 33.8 Å². The first-order valence-corrected chi connectivity index (χ1v) is 8.82. The van der Waals surface area contributed by atoms with Gasteiger partial charge in [-0.05, 0) is 50.9 Å². The molecule has 1 heterocycles. The second kappa shape index (κ2) is 9.04. The summed E-state index contributed by atoms with van der Waals surface area (Å²) in [6.07, 6.45) is 2.68. The summed E-state index contributed by atoms with van der Waals surface area (Å²) in [6, 6.07) is 8.87. The topological polar surface area (TPSA) is 48.9 Å². The smallest absolute Gasteiger partial charge is 0.191 e. The van der Waals surface area contributed by atoms with Crippen molar-refractivity contribution in [1.29, 1.82) is 0 Å². The van der Waals surface area contributed by atoms with E-state index in [1.54, 1.807) is 14.2 Å². The lowest BCUT2D eigenvalue weighted by molar-refractivity contribution is 0.0268. The molecule has 0 atom stereocenters. The molecular weight excluding hydrogens is 300 g/mol. The largest absolute Gasteiger partial charge is 0.377 e. The number of hydrogen-bond donors (Lipinski definition) is 2. The molecule has 0 unspecified atom stereocenters. The number of hydrogen-bond acceptors (Lipinski definition) is 3. The number of likely N-dealkylation sites (tertiary alicyclic amines) is 1. The van der Waals surface area contributed by atoms with Gasteiger partial charge in [-0.15, -0.1) is 0 Å². The monoisotopic (exact) mass is 332 g/mol. The van der Waals surface area contributed by atoms with Gasteiger partial charge in [0.1, 0.15) is 0 Å². The third-order valence-corrected chi connectivity index (χ3v) is 4.55. The predicted octanol–water partition coefficient (Wildman–Crippen LogP) is 2.37. The van der Waals surface area contributed by atoms with Crippen molar-refractivity contribution in [1.82, 2.24) is 15.5 Å². The number of ether oxygens (including phenoxy) is 1. The Morgan fingerprint density at radius 2 is 1.75 bits per heavy atom. The van der Waals surface area contributed by atoms with E-state index in [2.05, 4.69) is 44.8 Å².